The van der Waals surface area contributed by atoms with E-state index in [9.17, 15) is 14.4 Å². The number of benzene rings is 2. The van der Waals surface area contributed by atoms with E-state index < -0.39 is 18.1 Å². The lowest BCUT2D eigenvalue weighted by atomic mass is 10.0. The zero-order valence-corrected chi connectivity index (χ0v) is 18.4. The van der Waals surface area contributed by atoms with Gasteiger partial charge in [0.2, 0.25) is 5.91 Å². The first-order valence-corrected chi connectivity index (χ1v) is 10.7. The summed E-state index contributed by atoms with van der Waals surface area (Å²) in [6.07, 6.45) is -0.611. The van der Waals surface area contributed by atoms with Crippen LogP contribution < -0.4 is 5.32 Å². The second-order valence-electron chi connectivity index (χ2n) is 7.07. The number of likely N-dealkylation sites (tertiary alicyclic amines) is 1. The van der Waals surface area contributed by atoms with Crippen molar-refractivity contribution in [3.05, 3.63) is 83.1 Å². The molecule has 1 saturated heterocycles. The number of carbonyl (C=O) groups excluding carboxylic acids is 3. The van der Waals surface area contributed by atoms with E-state index in [2.05, 4.69) is 21.2 Å². The smallest absolute Gasteiger partial charge is 0.355 e. The first-order valence-electron chi connectivity index (χ1n) is 9.57. The van der Waals surface area contributed by atoms with Crippen LogP contribution in [0.5, 0.6) is 0 Å². The molecule has 6 nitrogen and oxygen atoms in total. The third kappa shape index (κ3) is 4.79. The zero-order chi connectivity index (χ0) is 21.7. The molecule has 3 rings (SSSR count). The lowest BCUT2D eigenvalue weighted by molar-refractivity contribution is -0.153. The monoisotopic (exact) mass is 470 g/mol. The molecule has 1 atom stereocenters. The van der Waals surface area contributed by atoms with Crippen molar-refractivity contribution in [3.8, 4) is 0 Å². The van der Waals surface area contributed by atoms with E-state index in [-0.39, 0.29) is 24.1 Å². The van der Waals surface area contributed by atoms with Gasteiger partial charge in [-0.15, -0.1) is 0 Å². The van der Waals surface area contributed by atoms with Gasteiger partial charge in [0.15, 0.2) is 6.10 Å². The summed E-state index contributed by atoms with van der Waals surface area (Å²) in [6.45, 7) is 3.36. The maximum absolute atomic E-state index is 13.2. The summed E-state index contributed by atoms with van der Waals surface area (Å²) in [7, 11) is 0. The first kappa shape index (κ1) is 21.8. The molecular weight excluding hydrogens is 448 g/mol. The molecule has 1 aliphatic heterocycles. The summed E-state index contributed by atoms with van der Waals surface area (Å²) < 4.78 is 5.93. The molecule has 2 aromatic rings. The molecule has 0 bridgehead atoms. The Balaban J connectivity index is 1.87. The minimum absolute atomic E-state index is 0.204. The molecule has 0 aromatic heterocycles. The maximum Gasteiger partial charge on any atom is 0.355 e. The first-order chi connectivity index (χ1) is 14.4. The summed E-state index contributed by atoms with van der Waals surface area (Å²) in [6, 6.07) is 18.3. The van der Waals surface area contributed by atoms with E-state index in [1.54, 1.807) is 6.92 Å². The number of halogens is 1. The number of nitrogens with zero attached hydrogens (tertiary/aromatic N) is 1. The Labute approximate surface area is 184 Å². The number of esters is 1. The van der Waals surface area contributed by atoms with Crippen LogP contribution in [0.25, 0.3) is 0 Å². The molecule has 1 unspecified atom stereocenters. The van der Waals surface area contributed by atoms with Crippen LogP contribution in [0.2, 0.25) is 0 Å². The van der Waals surface area contributed by atoms with Gasteiger partial charge in [0.1, 0.15) is 11.7 Å². The molecule has 0 aliphatic carbocycles. The summed E-state index contributed by atoms with van der Waals surface area (Å²) in [5.41, 5.74) is 2.54. The van der Waals surface area contributed by atoms with E-state index in [1.165, 1.54) is 11.8 Å². The Kier molecular flexibility index (Phi) is 7.05. The van der Waals surface area contributed by atoms with Crippen LogP contribution in [0.3, 0.4) is 0 Å². The van der Waals surface area contributed by atoms with E-state index in [1.807, 2.05) is 60.7 Å². The van der Waals surface area contributed by atoms with Crippen LogP contribution >= 0.6 is 15.9 Å². The maximum atomic E-state index is 13.2. The Morgan fingerprint density at radius 1 is 1.07 bits per heavy atom. The number of hydrogen-bond donors (Lipinski definition) is 1. The molecule has 1 aliphatic rings. The number of β-lactam (4-membered cyclic amide) rings is 1. The zero-order valence-electron chi connectivity index (χ0n) is 16.8. The highest BCUT2D eigenvalue weighted by Crippen LogP contribution is 2.30. The number of ether oxygens (including phenoxy) is 1. The quantitative estimate of drug-likeness (QED) is 0.291. The van der Waals surface area contributed by atoms with Crippen LogP contribution in [0, 0.1) is 0 Å². The largest absolute Gasteiger partial charge is 0.448 e. The fourth-order valence-corrected chi connectivity index (χ4v) is 3.57. The van der Waals surface area contributed by atoms with Gasteiger partial charge in [0, 0.05) is 12.3 Å². The lowest BCUT2D eigenvalue weighted by Gasteiger charge is -2.39. The number of carbonyl (C=O) groups is 3. The normalized spacial score (nSPS) is 16.6. The average Bonchev–Trinajstić information content (AvgIpc) is 2.77. The fourth-order valence-electron chi connectivity index (χ4n) is 3.31. The highest BCUT2D eigenvalue weighted by atomic mass is 79.9. The Hall–Kier alpha value is -2.93. The number of allylic oxidation sites excluding steroid dienone is 1. The Morgan fingerprint density at radius 3 is 2.03 bits per heavy atom. The minimum atomic E-state index is -0.618. The van der Waals surface area contributed by atoms with Crippen molar-refractivity contribution in [1.29, 1.82) is 0 Å². The van der Waals surface area contributed by atoms with Crippen LogP contribution in [-0.2, 0) is 19.1 Å². The topological polar surface area (TPSA) is 75.7 Å². The van der Waals surface area contributed by atoms with Gasteiger partial charge in [-0.2, -0.15) is 0 Å². The molecule has 30 heavy (non-hydrogen) atoms. The van der Waals surface area contributed by atoms with Gasteiger partial charge < -0.3 is 15.0 Å². The molecule has 2 aromatic carbocycles. The standard InChI is InChI=1S/C23H23BrN2O4/c1-15(13-24)20(26-14-19(22(26)28)25-16(2)27)23(29)30-21(17-9-5-3-6-10-17)18-11-7-4-8-12-18/h3-12,19,21H,13-14H2,1-2H3,(H,25,27). The van der Waals surface area contributed by atoms with E-state index in [0.29, 0.717) is 10.9 Å². The van der Waals surface area contributed by atoms with Gasteiger partial charge >= 0.3 is 5.97 Å². The molecule has 156 valence electrons. The van der Waals surface area contributed by atoms with Crippen molar-refractivity contribution < 1.29 is 19.1 Å². The number of nitrogens with one attached hydrogen (secondary N) is 1. The highest BCUT2D eigenvalue weighted by Gasteiger charge is 2.42. The molecule has 7 heteroatoms. The highest BCUT2D eigenvalue weighted by molar-refractivity contribution is 9.09. The van der Waals surface area contributed by atoms with Crippen molar-refractivity contribution >= 4 is 33.7 Å². The van der Waals surface area contributed by atoms with E-state index in [0.717, 1.165) is 11.1 Å². The fraction of sp³-hybridized carbons (Fsp3) is 0.261. The van der Waals surface area contributed by atoms with Gasteiger partial charge in [-0.25, -0.2) is 4.79 Å². The van der Waals surface area contributed by atoms with Crippen molar-refractivity contribution in [1.82, 2.24) is 10.2 Å². The predicted octanol–water partition coefficient (Wildman–Crippen LogP) is 3.34. The molecule has 2 amide bonds. The van der Waals surface area contributed by atoms with Crippen LogP contribution in [0.15, 0.2) is 71.9 Å². The number of rotatable bonds is 7. The van der Waals surface area contributed by atoms with Gasteiger partial charge in [-0.05, 0) is 23.6 Å². The summed E-state index contributed by atoms with van der Waals surface area (Å²) in [4.78, 5) is 38.4. The van der Waals surface area contributed by atoms with Gasteiger partial charge in [0.25, 0.3) is 5.91 Å². The minimum Gasteiger partial charge on any atom is -0.448 e. The number of amides is 2. The summed E-state index contributed by atoms with van der Waals surface area (Å²) in [5.74, 6) is -1.20. The van der Waals surface area contributed by atoms with Gasteiger partial charge in [-0.1, -0.05) is 76.6 Å². The van der Waals surface area contributed by atoms with Crippen LogP contribution in [0.1, 0.15) is 31.1 Å². The Bertz CT molecular complexity index is 920. The van der Waals surface area contributed by atoms with Gasteiger partial charge in [-0.3, -0.25) is 9.59 Å². The molecule has 1 heterocycles. The van der Waals surface area contributed by atoms with Crippen molar-refractivity contribution in [2.24, 2.45) is 0 Å². The van der Waals surface area contributed by atoms with Crippen molar-refractivity contribution in [3.63, 3.8) is 0 Å². The van der Waals surface area contributed by atoms with Crippen LogP contribution in [0.4, 0.5) is 0 Å². The van der Waals surface area contributed by atoms with E-state index in [4.69, 9.17) is 4.74 Å². The molecule has 1 N–H and O–H groups in total. The molecule has 0 radical (unpaired) electrons. The summed E-state index contributed by atoms with van der Waals surface area (Å²) >= 11 is 3.36. The van der Waals surface area contributed by atoms with Crippen molar-refractivity contribution in [2.75, 3.05) is 11.9 Å². The molecule has 0 spiro atoms. The molecule has 1 fully saturated rings. The summed E-state index contributed by atoms with van der Waals surface area (Å²) in [5, 5.41) is 3.00. The predicted molar refractivity (Wildman–Crippen MR) is 117 cm³/mol. The molecule has 0 saturated carbocycles. The van der Waals surface area contributed by atoms with Gasteiger partial charge in [0.05, 0.1) is 6.54 Å². The number of hydrogen-bond acceptors (Lipinski definition) is 4. The van der Waals surface area contributed by atoms with Crippen LogP contribution in [-0.4, -0.2) is 40.6 Å². The Morgan fingerprint density at radius 2 is 1.60 bits per heavy atom. The SMILES string of the molecule is CC(=O)NC1CN(C(C(=O)OC(c2ccccc2)c2ccccc2)=C(C)CBr)C1=O. The second-order valence-corrected chi connectivity index (χ2v) is 7.63. The van der Waals surface area contributed by atoms with Crippen molar-refractivity contribution in [2.45, 2.75) is 26.0 Å². The molecular formula is C23H23BrN2O4. The second kappa shape index (κ2) is 9.71. The van der Waals surface area contributed by atoms with E-state index >= 15 is 0 Å². The lowest BCUT2D eigenvalue weighted by Crippen LogP contribution is -2.63. The number of alkyl halides is 1. The average molecular weight is 471 g/mol. The third-order valence-electron chi connectivity index (χ3n) is 4.80. The third-order valence-corrected chi connectivity index (χ3v) is 5.65.